The van der Waals surface area contributed by atoms with Gasteiger partial charge in [0.05, 0.1) is 0 Å². The molecular formula is C22H28N2O3. The van der Waals surface area contributed by atoms with E-state index >= 15 is 0 Å². The first-order valence-electron chi connectivity index (χ1n) is 9.09. The average Bonchev–Trinajstić information content (AvgIpc) is 2.66. The first-order valence-corrected chi connectivity index (χ1v) is 9.09. The Bertz CT molecular complexity index is 817. The molecule has 0 aromatic heterocycles. The van der Waals surface area contributed by atoms with Crippen LogP contribution in [-0.4, -0.2) is 36.4 Å². The molecule has 0 radical (unpaired) electrons. The molecule has 0 bridgehead atoms. The number of nitrogens with zero attached hydrogens (tertiary/aromatic N) is 1. The minimum Gasteiger partial charge on any atom is -0.483 e. The molecule has 2 aromatic rings. The van der Waals surface area contributed by atoms with E-state index in [-0.39, 0.29) is 18.4 Å². The van der Waals surface area contributed by atoms with Crippen LogP contribution in [-0.2, 0) is 16.1 Å². The highest BCUT2D eigenvalue weighted by molar-refractivity contribution is 5.87. The molecule has 27 heavy (non-hydrogen) atoms. The Morgan fingerprint density at radius 1 is 1.07 bits per heavy atom. The smallest absolute Gasteiger partial charge is 0.261 e. The van der Waals surface area contributed by atoms with Gasteiger partial charge in [-0.25, -0.2) is 0 Å². The Hall–Kier alpha value is -2.82. The summed E-state index contributed by atoms with van der Waals surface area (Å²) in [5.41, 5.74) is 4.12. The monoisotopic (exact) mass is 368 g/mol. The van der Waals surface area contributed by atoms with Gasteiger partial charge >= 0.3 is 0 Å². The number of carbonyl (C=O) groups is 2. The van der Waals surface area contributed by atoms with E-state index in [9.17, 15) is 9.59 Å². The number of aryl methyl sites for hydroxylation is 3. The molecule has 1 unspecified atom stereocenters. The van der Waals surface area contributed by atoms with Crippen molar-refractivity contribution in [3.8, 4) is 5.75 Å². The number of ether oxygens (including phenoxy) is 1. The lowest BCUT2D eigenvalue weighted by Gasteiger charge is -2.29. The standard InChI is InChI=1S/C22H28N2O3/c1-15-10-11-17(3)20(12-15)27-14-21(25)24(18(4)22(26)23-5)13-19-9-7-6-8-16(19)2/h6-12,18H,13-14H2,1-5H3,(H,23,26). The summed E-state index contributed by atoms with van der Waals surface area (Å²) in [5, 5.41) is 2.62. The van der Waals surface area contributed by atoms with Crippen LogP contribution in [0.25, 0.3) is 0 Å². The van der Waals surface area contributed by atoms with Crippen LogP contribution in [0.4, 0.5) is 0 Å². The summed E-state index contributed by atoms with van der Waals surface area (Å²) in [6.45, 7) is 7.89. The van der Waals surface area contributed by atoms with Crippen molar-refractivity contribution in [3.05, 3.63) is 64.7 Å². The number of hydrogen-bond acceptors (Lipinski definition) is 3. The van der Waals surface area contributed by atoms with E-state index in [0.29, 0.717) is 12.3 Å². The van der Waals surface area contributed by atoms with E-state index in [2.05, 4.69) is 5.32 Å². The van der Waals surface area contributed by atoms with Gasteiger partial charge in [0.25, 0.3) is 5.91 Å². The molecule has 2 aromatic carbocycles. The lowest BCUT2D eigenvalue weighted by atomic mass is 10.1. The summed E-state index contributed by atoms with van der Waals surface area (Å²) in [7, 11) is 1.57. The van der Waals surface area contributed by atoms with Crippen molar-refractivity contribution in [1.29, 1.82) is 0 Å². The molecule has 0 saturated carbocycles. The fraction of sp³-hybridized carbons (Fsp3) is 0.364. The molecule has 2 rings (SSSR count). The lowest BCUT2D eigenvalue weighted by molar-refractivity contribution is -0.142. The van der Waals surface area contributed by atoms with Gasteiger partial charge in [0, 0.05) is 13.6 Å². The molecule has 5 heteroatoms. The van der Waals surface area contributed by atoms with Crippen LogP contribution in [0.3, 0.4) is 0 Å². The molecule has 144 valence electrons. The van der Waals surface area contributed by atoms with Gasteiger partial charge in [0.1, 0.15) is 11.8 Å². The Balaban J connectivity index is 2.18. The first-order chi connectivity index (χ1) is 12.8. The molecule has 0 aliphatic rings. The van der Waals surface area contributed by atoms with Crippen LogP contribution in [0.5, 0.6) is 5.75 Å². The number of hydrogen-bond donors (Lipinski definition) is 1. The average molecular weight is 368 g/mol. The Kier molecular flexibility index (Phi) is 6.99. The maximum atomic E-state index is 12.9. The SMILES string of the molecule is CNC(=O)C(C)N(Cc1ccccc1C)C(=O)COc1cc(C)ccc1C. The van der Waals surface area contributed by atoms with Gasteiger partial charge < -0.3 is 15.0 Å². The minimum absolute atomic E-state index is 0.114. The van der Waals surface area contributed by atoms with E-state index in [1.54, 1.807) is 18.9 Å². The molecule has 1 N–H and O–H groups in total. The minimum atomic E-state index is -0.593. The predicted molar refractivity (Wildman–Crippen MR) is 107 cm³/mol. The van der Waals surface area contributed by atoms with E-state index in [0.717, 1.165) is 22.3 Å². The second kappa shape index (κ2) is 9.21. The third-order valence-electron chi connectivity index (χ3n) is 4.71. The second-order valence-corrected chi connectivity index (χ2v) is 6.80. The maximum absolute atomic E-state index is 12.9. The summed E-state index contributed by atoms with van der Waals surface area (Å²) in [6.07, 6.45) is 0. The maximum Gasteiger partial charge on any atom is 0.261 e. The fourth-order valence-corrected chi connectivity index (χ4v) is 2.85. The zero-order valence-corrected chi connectivity index (χ0v) is 16.7. The predicted octanol–water partition coefficient (Wildman–Crippen LogP) is 3.15. The Labute approximate surface area is 161 Å². The highest BCUT2D eigenvalue weighted by Gasteiger charge is 2.26. The van der Waals surface area contributed by atoms with Crippen molar-refractivity contribution in [2.75, 3.05) is 13.7 Å². The van der Waals surface area contributed by atoms with Crippen molar-refractivity contribution in [2.24, 2.45) is 0 Å². The second-order valence-electron chi connectivity index (χ2n) is 6.80. The zero-order chi connectivity index (χ0) is 20.0. The number of benzene rings is 2. The molecule has 0 aliphatic heterocycles. The molecule has 2 amide bonds. The fourth-order valence-electron chi connectivity index (χ4n) is 2.85. The van der Waals surface area contributed by atoms with E-state index in [1.165, 1.54) is 0 Å². The van der Waals surface area contributed by atoms with Crippen LogP contribution in [0, 0.1) is 20.8 Å². The third-order valence-corrected chi connectivity index (χ3v) is 4.71. The first kappa shape index (κ1) is 20.5. The van der Waals surface area contributed by atoms with Crippen molar-refractivity contribution < 1.29 is 14.3 Å². The van der Waals surface area contributed by atoms with Gasteiger partial charge in [0.15, 0.2) is 6.61 Å². The van der Waals surface area contributed by atoms with Gasteiger partial charge in [-0.05, 0) is 56.0 Å². The van der Waals surface area contributed by atoms with Crippen LogP contribution in [0.1, 0.15) is 29.2 Å². The largest absolute Gasteiger partial charge is 0.483 e. The van der Waals surface area contributed by atoms with Crippen LogP contribution in [0.15, 0.2) is 42.5 Å². The van der Waals surface area contributed by atoms with Gasteiger partial charge in [-0.2, -0.15) is 0 Å². The van der Waals surface area contributed by atoms with Gasteiger partial charge in [-0.3, -0.25) is 9.59 Å². The van der Waals surface area contributed by atoms with Gasteiger partial charge in [-0.1, -0.05) is 36.4 Å². The molecule has 0 saturated heterocycles. The number of amides is 2. The highest BCUT2D eigenvalue weighted by atomic mass is 16.5. The Morgan fingerprint density at radius 3 is 2.44 bits per heavy atom. The third kappa shape index (κ3) is 5.33. The summed E-state index contributed by atoms with van der Waals surface area (Å²) in [5.74, 6) is 0.255. The topological polar surface area (TPSA) is 58.6 Å². The number of nitrogens with one attached hydrogen (secondary N) is 1. The van der Waals surface area contributed by atoms with E-state index in [1.807, 2.05) is 63.2 Å². The zero-order valence-electron chi connectivity index (χ0n) is 16.7. The quantitative estimate of drug-likeness (QED) is 0.817. The summed E-state index contributed by atoms with van der Waals surface area (Å²) < 4.78 is 5.77. The van der Waals surface area contributed by atoms with Crippen molar-refractivity contribution in [3.63, 3.8) is 0 Å². The lowest BCUT2D eigenvalue weighted by Crippen LogP contribution is -2.48. The molecular weight excluding hydrogens is 340 g/mol. The highest BCUT2D eigenvalue weighted by Crippen LogP contribution is 2.20. The summed E-state index contributed by atoms with van der Waals surface area (Å²) >= 11 is 0. The molecule has 5 nitrogen and oxygen atoms in total. The van der Waals surface area contributed by atoms with Gasteiger partial charge in [-0.15, -0.1) is 0 Å². The summed E-state index contributed by atoms with van der Waals surface area (Å²) in [4.78, 5) is 26.6. The summed E-state index contributed by atoms with van der Waals surface area (Å²) in [6, 6.07) is 13.1. The van der Waals surface area contributed by atoms with Crippen LogP contribution in [0.2, 0.25) is 0 Å². The van der Waals surface area contributed by atoms with Crippen molar-refractivity contribution in [1.82, 2.24) is 10.2 Å². The molecule has 1 atom stereocenters. The number of likely N-dealkylation sites (N-methyl/N-ethyl adjacent to an activating group) is 1. The molecule has 0 aliphatic carbocycles. The van der Waals surface area contributed by atoms with Crippen molar-refractivity contribution >= 4 is 11.8 Å². The molecule has 0 fully saturated rings. The van der Waals surface area contributed by atoms with Crippen LogP contribution >= 0.6 is 0 Å². The van der Waals surface area contributed by atoms with Crippen molar-refractivity contribution in [2.45, 2.75) is 40.3 Å². The number of rotatable bonds is 7. The van der Waals surface area contributed by atoms with Gasteiger partial charge in [0.2, 0.25) is 5.91 Å². The van der Waals surface area contributed by atoms with E-state index in [4.69, 9.17) is 4.74 Å². The number of carbonyl (C=O) groups excluding carboxylic acids is 2. The molecule has 0 heterocycles. The molecule has 0 spiro atoms. The Morgan fingerprint density at radius 2 is 1.78 bits per heavy atom. The normalized spacial score (nSPS) is 11.6. The van der Waals surface area contributed by atoms with E-state index < -0.39 is 6.04 Å². The van der Waals surface area contributed by atoms with Crippen LogP contribution < -0.4 is 10.1 Å².